The topological polar surface area (TPSA) is 114 Å². The van der Waals surface area contributed by atoms with Gasteiger partial charge in [0.15, 0.2) is 23.1 Å². The van der Waals surface area contributed by atoms with Crippen molar-refractivity contribution in [1.29, 1.82) is 0 Å². The van der Waals surface area contributed by atoms with Crippen molar-refractivity contribution in [2.24, 2.45) is 0 Å². The molecule has 32 heavy (non-hydrogen) atoms. The van der Waals surface area contributed by atoms with Crippen LogP contribution in [-0.4, -0.2) is 32.9 Å². The zero-order valence-electron chi connectivity index (χ0n) is 16.6. The number of pyridine rings is 1. The quantitative estimate of drug-likeness (QED) is 0.426. The van der Waals surface area contributed by atoms with Gasteiger partial charge in [-0.15, -0.1) is 0 Å². The molecule has 0 spiro atoms. The molecule has 3 heterocycles. The molecular weight excluding hydrogens is 415 g/mol. The average Bonchev–Trinajstić information content (AvgIpc) is 3.48. The first-order valence-electron chi connectivity index (χ1n) is 9.71. The summed E-state index contributed by atoms with van der Waals surface area (Å²) in [6.07, 6.45) is 2.55. The summed E-state index contributed by atoms with van der Waals surface area (Å²) in [5, 5.41) is 12.4. The number of H-pyrrole nitrogens is 1. The SMILES string of the molecule is O=C(Cc1ccc2c(c1)OCO2)Nc1cc(Nc2ccccc2-c2ncn[nH]2)c(F)cn1. The number of nitrogens with zero attached hydrogens (tertiary/aromatic N) is 3. The van der Waals surface area contributed by atoms with E-state index in [1.807, 2.05) is 18.2 Å². The molecule has 0 atom stereocenters. The van der Waals surface area contributed by atoms with E-state index in [2.05, 4.69) is 30.8 Å². The molecule has 0 aliphatic carbocycles. The van der Waals surface area contributed by atoms with Crippen molar-refractivity contribution < 1.29 is 18.7 Å². The Morgan fingerprint density at radius 3 is 2.81 bits per heavy atom. The van der Waals surface area contributed by atoms with Gasteiger partial charge in [-0.3, -0.25) is 9.89 Å². The van der Waals surface area contributed by atoms with Crippen LogP contribution in [0.5, 0.6) is 11.5 Å². The van der Waals surface area contributed by atoms with Gasteiger partial charge in [0.2, 0.25) is 12.7 Å². The first-order valence-corrected chi connectivity index (χ1v) is 9.71. The largest absolute Gasteiger partial charge is 0.454 e. The molecule has 1 aliphatic heterocycles. The zero-order chi connectivity index (χ0) is 21.9. The molecule has 9 nitrogen and oxygen atoms in total. The monoisotopic (exact) mass is 432 g/mol. The van der Waals surface area contributed by atoms with Gasteiger partial charge >= 0.3 is 0 Å². The van der Waals surface area contributed by atoms with Gasteiger partial charge in [-0.25, -0.2) is 14.4 Å². The van der Waals surface area contributed by atoms with Gasteiger partial charge in [0.05, 0.1) is 18.3 Å². The van der Waals surface area contributed by atoms with Crippen LogP contribution < -0.4 is 20.1 Å². The molecule has 1 amide bonds. The number of halogens is 1. The Hall–Kier alpha value is -4.47. The molecule has 1 aliphatic rings. The molecule has 0 fully saturated rings. The third-order valence-corrected chi connectivity index (χ3v) is 4.79. The fourth-order valence-corrected chi connectivity index (χ4v) is 3.31. The first kappa shape index (κ1) is 19.5. The number of carbonyl (C=O) groups is 1. The molecule has 160 valence electrons. The molecular formula is C22H17FN6O3. The van der Waals surface area contributed by atoms with Crippen molar-refractivity contribution in [3.63, 3.8) is 0 Å². The first-order chi connectivity index (χ1) is 15.7. The van der Waals surface area contributed by atoms with E-state index < -0.39 is 5.82 Å². The van der Waals surface area contributed by atoms with E-state index in [0.29, 0.717) is 23.0 Å². The van der Waals surface area contributed by atoms with E-state index >= 15 is 0 Å². The van der Waals surface area contributed by atoms with Crippen molar-refractivity contribution >= 4 is 23.1 Å². The van der Waals surface area contributed by atoms with E-state index in [1.54, 1.807) is 24.3 Å². The van der Waals surface area contributed by atoms with Gasteiger partial charge in [0.1, 0.15) is 12.1 Å². The molecule has 0 saturated heterocycles. The molecule has 0 saturated carbocycles. The minimum Gasteiger partial charge on any atom is -0.454 e. The lowest BCUT2D eigenvalue weighted by Gasteiger charge is -2.12. The van der Waals surface area contributed by atoms with E-state index in [0.717, 1.165) is 17.3 Å². The van der Waals surface area contributed by atoms with Crippen LogP contribution in [0.1, 0.15) is 5.56 Å². The Balaban J connectivity index is 1.32. The van der Waals surface area contributed by atoms with Crippen molar-refractivity contribution in [3.05, 3.63) is 72.4 Å². The standard InChI is InChI=1S/C22H17FN6O3/c23-15-10-24-20(28-21(30)8-13-5-6-18-19(7-13)32-12-31-18)9-17(15)27-16-4-2-1-3-14(16)22-25-11-26-29-22/h1-7,9-11H,8,12H2,(H,25,26,29)(H2,24,27,28,30). The van der Waals surface area contributed by atoms with E-state index in [1.165, 1.54) is 12.4 Å². The predicted octanol–water partition coefficient (Wildman–Crippen LogP) is 3.66. The Morgan fingerprint density at radius 2 is 1.94 bits per heavy atom. The summed E-state index contributed by atoms with van der Waals surface area (Å²) in [6.45, 7) is 0.166. The molecule has 4 aromatic rings. The van der Waals surface area contributed by atoms with Crippen molar-refractivity contribution in [2.45, 2.75) is 6.42 Å². The van der Waals surface area contributed by atoms with Crippen molar-refractivity contribution in [1.82, 2.24) is 20.2 Å². The number of anilines is 3. The minimum absolute atomic E-state index is 0.104. The Kier molecular flexibility index (Phi) is 5.08. The van der Waals surface area contributed by atoms with Gasteiger partial charge in [0.25, 0.3) is 0 Å². The second-order valence-electron chi connectivity index (χ2n) is 6.97. The Labute approximate surface area is 181 Å². The number of hydrogen-bond acceptors (Lipinski definition) is 7. The second kappa shape index (κ2) is 8.34. The molecule has 2 aromatic heterocycles. The van der Waals surface area contributed by atoms with Crippen LogP contribution in [0.2, 0.25) is 0 Å². The predicted molar refractivity (Wildman–Crippen MR) is 114 cm³/mol. The maximum atomic E-state index is 14.4. The highest BCUT2D eigenvalue weighted by Crippen LogP contribution is 2.33. The van der Waals surface area contributed by atoms with Crippen LogP contribution in [0.4, 0.5) is 21.6 Å². The number of carbonyl (C=O) groups excluding carboxylic acids is 1. The number of nitrogens with one attached hydrogen (secondary N) is 3. The van der Waals surface area contributed by atoms with Gasteiger partial charge in [-0.2, -0.15) is 5.10 Å². The fraction of sp³-hybridized carbons (Fsp3) is 0.0909. The normalized spacial score (nSPS) is 11.9. The number of fused-ring (bicyclic) bond motifs is 1. The van der Waals surface area contributed by atoms with Crippen molar-refractivity contribution in [2.75, 3.05) is 17.4 Å². The highest BCUT2D eigenvalue weighted by atomic mass is 19.1. The van der Waals surface area contributed by atoms with Crippen molar-refractivity contribution in [3.8, 4) is 22.9 Å². The van der Waals surface area contributed by atoms with Crippen LogP contribution in [-0.2, 0) is 11.2 Å². The van der Waals surface area contributed by atoms with Gasteiger partial charge in [-0.1, -0.05) is 18.2 Å². The summed E-state index contributed by atoms with van der Waals surface area (Å²) >= 11 is 0. The fourth-order valence-electron chi connectivity index (χ4n) is 3.31. The van der Waals surface area contributed by atoms with Crippen LogP contribution in [0.15, 0.2) is 61.1 Å². The molecule has 10 heteroatoms. The number of para-hydroxylation sites is 1. The number of rotatable bonds is 6. The lowest BCUT2D eigenvalue weighted by atomic mass is 10.1. The summed E-state index contributed by atoms with van der Waals surface area (Å²) in [7, 11) is 0. The Morgan fingerprint density at radius 1 is 1.06 bits per heavy atom. The van der Waals surface area contributed by atoms with Crippen LogP contribution in [0, 0.1) is 5.82 Å². The van der Waals surface area contributed by atoms with Crippen LogP contribution in [0.3, 0.4) is 0 Å². The second-order valence-corrected chi connectivity index (χ2v) is 6.97. The maximum absolute atomic E-state index is 14.4. The minimum atomic E-state index is -0.564. The number of ether oxygens (including phenoxy) is 2. The van der Waals surface area contributed by atoms with Gasteiger partial charge in [-0.05, 0) is 29.8 Å². The van der Waals surface area contributed by atoms with Crippen LogP contribution >= 0.6 is 0 Å². The summed E-state index contributed by atoms with van der Waals surface area (Å²) in [5.74, 6) is 1.15. The van der Waals surface area contributed by atoms with Gasteiger partial charge < -0.3 is 20.1 Å². The summed E-state index contributed by atoms with van der Waals surface area (Å²) < 4.78 is 25.1. The summed E-state index contributed by atoms with van der Waals surface area (Å²) in [6, 6.07) is 14.0. The number of aromatic nitrogens is 4. The molecule has 0 radical (unpaired) electrons. The highest BCUT2D eigenvalue weighted by Gasteiger charge is 2.16. The molecule has 2 aromatic carbocycles. The van der Waals surface area contributed by atoms with Gasteiger partial charge in [0, 0.05) is 17.3 Å². The summed E-state index contributed by atoms with van der Waals surface area (Å²) in [5.41, 5.74) is 2.25. The highest BCUT2D eigenvalue weighted by molar-refractivity contribution is 5.92. The third kappa shape index (κ3) is 4.06. The third-order valence-electron chi connectivity index (χ3n) is 4.79. The van der Waals surface area contributed by atoms with E-state index in [9.17, 15) is 9.18 Å². The maximum Gasteiger partial charge on any atom is 0.231 e. The lowest BCUT2D eigenvalue weighted by Crippen LogP contribution is -2.15. The average molecular weight is 432 g/mol. The number of benzene rings is 2. The zero-order valence-corrected chi connectivity index (χ0v) is 16.6. The summed E-state index contributed by atoms with van der Waals surface area (Å²) in [4.78, 5) is 20.6. The molecule has 0 unspecified atom stereocenters. The van der Waals surface area contributed by atoms with E-state index in [4.69, 9.17) is 9.47 Å². The Bertz CT molecular complexity index is 1280. The molecule has 3 N–H and O–H groups in total. The van der Waals surface area contributed by atoms with Crippen LogP contribution in [0.25, 0.3) is 11.4 Å². The molecule has 5 rings (SSSR count). The number of aromatic amines is 1. The molecule has 0 bridgehead atoms. The lowest BCUT2D eigenvalue weighted by molar-refractivity contribution is -0.115. The number of hydrogen-bond donors (Lipinski definition) is 3. The van der Waals surface area contributed by atoms with E-state index in [-0.39, 0.29) is 30.6 Å². The smallest absolute Gasteiger partial charge is 0.231 e. The number of amides is 1.